The maximum Gasteiger partial charge on any atom is 0.262 e. The van der Waals surface area contributed by atoms with Crippen molar-refractivity contribution in [2.45, 2.75) is 13.1 Å². The predicted molar refractivity (Wildman–Crippen MR) is 114 cm³/mol. The Bertz CT molecular complexity index is 1130. The first kappa shape index (κ1) is 21.7. The first-order valence-corrected chi connectivity index (χ1v) is 9.43. The fourth-order valence-corrected chi connectivity index (χ4v) is 2.70. The molecule has 0 aliphatic carbocycles. The number of hydrogen-bond acceptors (Lipinski definition) is 6. The molecule has 2 amide bonds. The summed E-state index contributed by atoms with van der Waals surface area (Å²) in [4.78, 5) is 37.8. The fraction of sp³-hybridized carbons (Fsp3) is 0.0909. The summed E-state index contributed by atoms with van der Waals surface area (Å²) in [5, 5.41) is 23.8. The number of carbonyl (C=O) groups excluding carboxylic acids is 2. The van der Waals surface area contributed by atoms with E-state index in [0.717, 1.165) is 11.1 Å². The van der Waals surface area contributed by atoms with Gasteiger partial charge in [-0.3, -0.25) is 9.59 Å². The Morgan fingerprint density at radius 3 is 1.72 bits per heavy atom. The molecule has 0 saturated heterocycles. The van der Waals surface area contributed by atoms with Crippen LogP contribution in [0.25, 0.3) is 12.2 Å². The van der Waals surface area contributed by atoms with E-state index in [0.29, 0.717) is 11.4 Å². The Kier molecular flexibility index (Phi) is 7.28. The second kappa shape index (κ2) is 10.7. The van der Waals surface area contributed by atoms with Crippen LogP contribution in [0.2, 0.25) is 0 Å². The van der Waals surface area contributed by atoms with Gasteiger partial charge in [-0.1, -0.05) is 24.3 Å². The topological polar surface area (TPSA) is 163 Å². The number of carbonyl (C=O) groups is 2. The third-order valence-electron chi connectivity index (χ3n) is 4.27. The van der Waals surface area contributed by atoms with Gasteiger partial charge >= 0.3 is 0 Å². The van der Waals surface area contributed by atoms with Gasteiger partial charge in [0.15, 0.2) is 0 Å². The van der Waals surface area contributed by atoms with Gasteiger partial charge in [0.1, 0.15) is 23.3 Å². The lowest BCUT2D eigenvalue weighted by Gasteiger charge is -2.08. The van der Waals surface area contributed by atoms with E-state index in [4.69, 9.17) is 0 Å². The van der Waals surface area contributed by atoms with Gasteiger partial charge in [-0.25, -0.2) is 9.97 Å². The molecule has 3 aromatic rings. The standard InChI is InChI=1S/C22H18N8O2/c23-7-17(5-19-11-25-13-29-19)21(31)27-9-15-2-1-3-16(4-15)10-28-22(32)18(8-24)6-20-12-26-14-30-20/h1-6,11-14H,9-10H2,(H,25,29)(H,26,30)(H,27,31)(H,28,32)/b17-5-,18-6-. The Hall–Kier alpha value is -4.96. The third-order valence-corrected chi connectivity index (χ3v) is 4.27. The number of imidazole rings is 2. The lowest BCUT2D eigenvalue weighted by molar-refractivity contribution is -0.118. The van der Waals surface area contributed by atoms with Gasteiger partial charge in [0.2, 0.25) is 0 Å². The van der Waals surface area contributed by atoms with Crippen molar-refractivity contribution in [1.29, 1.82) is 10.5 Å². The Morgan fingerprint density at radius 1 is 0.875 bits per heavy atom. The lowest BCUT2D eigenvalue weighted by Crippen LogP contribution is -2.25. The summed E-state index contributed by atoms with van der Waals surface area (Å²) in [7, 11) is 0. The van der Waals surface area contributed by atoms with Crippen molar-refractivity contribution < 1.29 is 9.59 Å². The number of aromatic nitrogens is 4. The first-order valence-electron chi connectivity index (χ1n) is 9.43. The number of nitrogens with one attached hydrogen (secondary N) is 4. The van der Waals surface area contributed by atoms with Crippen LogP contribution in [0.5, 0.6) is 0 Å². The van der Waals surface area contributed by atoms with Crippen LogP contribution >= 0.6 is 0 Å². The minimum absolute atomic E-state index is 0.0502. The van der Waals surface area contributed by atoms with Crippen molar-refractivity contribution >= 4 is 24.0 Å². The molecule has 0 bridgehead atoms. The molecule has 0 radical (unpaired) electrons. The van der Waals surface area contributed by atoms with E-state index in [1.807, 2.05) is 30.3 Å². The van der Waals surface area contributed by atoms with Crippen LogP contribution in [0.1, 0.15) is 22.5 Å². The summed E-state index contributed by atoms with van der Waals surface area (Å²) >= 11 is 0. The van der Waals surface area contributed by atoms with Crippen LogP contribution < -0.4 is 10.6 Å². The highest BCUT2D eigenvalue weighted by molar-refractivity contribution is 6.02. The normalized spacial score (nSPS) is 11.3. The van der Waals surface area contributed by atoms with Crippen LogP contribution in [-0.2, 0) is 22.7 Å². The molecule has 158 valence electrons. The van der Waals surface area contributed by atoms with Gasteiger partial charge in [0.05, 0.1) is 36.4 Å². The molecule has 0 spiro atoms. The number of amides is 2. The van der Waals surface area contributed by atoms with Gasteiger partial charge < -0.3 is 20.6 Å². The number of nitriles is 2. The second-order valence-corrected chi connectivity index (χ2v) is 6.54. The molecule has 0 saturated carbocycles. The van der Waals surface area contributed by atoms with Crippen LogP contribution in [0, 0.1) is 22.7 Å². The molecule has 3 rings (SSSR count). The molecule has 0 fully saturated rings. The average Bonchev–Trinajstić information content (AvgIpc) is 3.52. The SMILES string of the molecule is N#C/C(=C/c1cnc[nH]1)C(=O)NCc1cccc(CNC(=O)/C(C#N)=C\c2cnc[nH]2)c1. The Morgan fingerprint density at radius 2 is 1.34 bits per heavy atom. The second-order valence-electron chi connectivity index (χ2n) is 6.54. The van der Waals surface area contributed by atoms with E-state index in [9.17, 15) is 20.1 Å². The molecular weight excluding hydrogens is 408 g/mol. The van der Waals surface area contributed by atoms with Crippen molar-refractivity contribution in [2.24, 2.45) is 0 Å². The average molecular weight is 426 g/mol. The highest BCUT2D eigenvalue weighted by atomic mass is 16.2. The summed E-state index contributed by atoms with van der Waals surface area (Å²) in [6.45, 7) is 0.400. The van der Waals surface area contributed by atoms with Crippen molar-refractivity contribution in [3.05, 3.63) is 83.0 Å². The van der Waals surface area contributed by atoms with Gasteiger partial charge in [-0.05, 0) is 23.3 Å². The summed E-state index contributed by atoms with van der Waals surface area (Å²) in [6, 6.07) is 11.0. The molecule has 0 atom stereocenters. The minimum Gasteiger partial charge on any atom is -0.347 e. The summed E-state index contributed by atoms with van der Waals surface area (Å²) in [6.07, 6.45) is 8.75. The van der Waals surface area contributed by atoms with E-state index >= 15 is 0 Å². The van der Waals surface area contributed by atoms with E-state index in [2.05, 4.69) is 30.6 Å². The number of aromatic amines is 2. The van der Waals surface area contributed by atoms with Gasteiger partial charge in [-0.2, -0.15) is 10.5 Å². The van der Waals surface area contributed by atoms with E-state index in [1.54, 1.807) is 6.07 Å². The van der Waals surface area contributed by atoms with Crippen LogP contribution in [0.3, 0.4) is 0 Å². The molecule has 2 aromatic heterocycles. The molecule has 0 aliphatic heterocycles. The zero-order chi connectivity index (χ0) is 22.8. The Balaban J connectivity index is 1.57. The molecule has 0 unspecified atom stereocenters. The quantitative estimate of drug-likeness (QED) is 0.315. The number of benzene rings is 1. The van der Waals surface area contributed by atoms with Crippen LogP contribution in [-0.4, -0.2) is 31.8 Å². The molecule has 32 heavy (non-hydrogen) atoms. The Labute approximate surface area is 183 Å². The molecule has 2 heterocycles. The van der Waals surface area contributed by atoms with E-state index < -0.39 is 11.8 Å². The summed E-state index contributed by atoms with van der Waals surface area (Å²) in [5.41, 5.74) is 2.58. The van der Waals surface area contributed by atoms with Crippen molar-refractivity contribution in [2.75, 3.05) is 0 Å². The zero-order valence-corrected chi connectivity index (χ0v) is 16.8. The van der Waals surface area contributed by atoms with Crippen molar-refractivity contribution in [3.63, 3.8) is 0 Å². The fourth-order valence-electron chi connectivity index (χ4n) is 2.70. The smallest absolute Gasteiger partial charge is 0.262 e. The summed E-state index contributed by atoms with van der Waals surface area (Å²) < 4.78 is 0. The lowest BCUT2D eigenvalue weighted by atomic mass is 10.1. The van der Waals surface area contributed by atoms with Gasteiger partial charge in [-0.15, -0.1) is 0 Å². The minimum atomic E-state index is -0.511. The number of H-pyrrole nitrogens is 2. The van der Waals surface area contributed by atoms with Crippen LogP contribution in [0.15, 0.2) is 60.5 Å². The highest BCUT2D eigenvalue weighted by Gasteiger charge is 2.11. The van der Waals surface area contributed by atoms with Crippen LogP contribution in [0.4, 0.5) is 0 Å². The maximum absolute atomic E-state index is 12.3. The molecular formula is C22H18N8O2. The molecule has 1 aromatic carbocycles. The van der Waals surface area contributed by atoms with Crippen molar-refractivity contribution in [3.8, 4) is 12.1 Å². The largest absolute Gasteiger partial charge is 0.347 e. The third kappa shape index (κ3) is 6.02. The van der Waals surface area contributed by atoms with Crippen molar-refractivity contribution in [1.82, 2.24) is 30.6 Å². The number of rotatable bonds is 8. The molecule has 0 aliphatic rings. The molecule has 4 N–H and O–H groups in total. The highest BCUT2D eigenvalue weighted by Crippen LogP contribution is 2.08. The predicted octanol–water partition coefficient (Wildman–Crippen LogP) is 1.58. The van der Waals surface area contributed by atoms with Gasteiger partial charge in [0.25, 0.3) is 11.8 Å². The number of nitrogens with zero attached hydrogens (tertiary/aromatic N) is 4. The molecule has 10 heteroatoms. The first-order chi connectivity index (χ1) is 15.6. The zero-order valence-electron chi connectivity index (χ0n) is 16.8. The monoisotopic (exact) mass is 426 g/mol. The number of hydrogen-bond donors (Lipinski definition) is 4. The maximum atomic E-state index is 12.3. The van der Waals surface area contributed by atoms with E-state index in [-0.39, 0.29) is 24.2 Å². The van der Waals surface area contributed by atoms with Gasteiger partial charge in [0, 0.05) is 13.1 Å². The van der Waals surface area contributed by atoms with E-state index in [1.165, 1.54) is 37.2 Å². The molecule has 10 nitrogen and oxygen atoms in total. The summed E-state index contributed by atoms with van der Waals surface area (Å²) in [5.74, 6) is -1.02.